The van der Waals surface area contributed by atoms with Crippen LogP contribution in [0.25, 0.3) is 0 Å². The summed E-state index contributed by atoms with van der Waals surface area (Å²) in [5.74, 6) is -0.876. The van der Waals surface area contributed by atoms with Crippen LogP contribution in [0.3, 0.4) is 0 Å². The summed E-state index contributed by atoms with van der Waals surface area (Å²) < 4.78 is 4.98. The van der Waals surface area contributed by atoms with Crippen molar-refractivity contribution in [3.63, 3.8) is 0 Å². The number of Topliss-reactive ketones (excluding diaryl/α,β-unsaturated/α-hetero) is 1. The van der Waals surface area contributed by atoms with Gasteiger partial charge in [-0.15, -0.1) is 6.58 Å². The second kappa shape index (κ2) is 8.68. The van der Waals surface area contributed by atoms with Gasteiger partial charge >= 0.3 is 5.97 Å². The van der Waals surface area contributed by atoms with Crippen LogP contribution < -0.4 is 0 Å². The van der Waals surface area contributed by atoms with E-state index in [0.29, 0.717) is 16.7 Å². The maximum atomic E-state index is 12.9. The van der Waals surface area contributed by atoms with Crippen LogP contribution in [-0.2, 0) is 14.3 Å². The quantitative estimate of drug-likeness (QED) is 0.511. The molecule has 1 aromatic rings. The molecule has 0 heterocycles. The number of esters is 1. The molecule has 1 aliphatic rings. The van der Waals surface area contributed by atoms with Crippen LogP contribution in [0.2, 0.25) is 10.0 Å². The van der Waals surface area contributed by atoms with Gasteiger partial charge in [0, 0.05) is 27.8 Å². The molecule has 2 rings (SSSR count). The first-order valence-electron chi connectivity index (χ1n) is 8.24. The molecule has 0 aromatic heterocycles. The Kier molecular flexibility index (Phi) is 6.88. The summed E-state index contributed by atoms with van der Waals surface area (Å²) >= 11 is 12.3. The lowest BCUT2D eigenvalue weighted by Gasteiger charge is -2.32. The third-order valence-corrected chi connectivity index (χ3v) is 5.13. The van der Waals surface area contributed by atoms with Crippen LogP contribution in [0.1, 0.15) is 44.1 Å². The van der Waals surface area contributed by atoms with Crippen molar-refractivity contribution >= 4 is 35.0 Å². The fraction of sp³-hybridized carbons (Fsp3) is 0.474. The maximum Gasteiger partial charge on any atom is 0.306 e. The molecule has 3 nitrogen and oxygen atoms in total. The topological polar surface area (TPSA) is 43.4 Å². The van der Waals surface area contributed by atoms with Gasteiger partial charge in [-0.25, -0.2) is 0 Å². The smallest absolute Gasteiger partial charge is 0.306 e. The molecule has 1 aliphatic carbocycles. The molecule has 5 heteroatoms. The number of carbonyl (C=O) groups is 2. The third-order valence-electron chi connectivity index (χ3n) is 4.56. The van der Waals surface area contributed by atoms with Crippen molar-refractivity contribution in [3.05, 3.63) is 46.5 Å². The van der Waals surface area contributed by atoms with E-state index >= 15 is 0 Å². The first-order chi connectivity index (χ1) is 11.5. The highest BCUT2D eigenvalue weighted by Crippen LogP contribution is 2.40. The number of rotatable bonds is 6. The van der Waals surface area contributed by atoms with Crippen molar-refractivity contribution in [1.29, 1.82) is 0 Å². The number of halogens is 2. The van der Waals surface area contributed by atoms with E-state index < -0.39 is 0 Å². The monoisotopic (exact) mass is 368 g/mol. The summed E-state index contributed by atoms with van der Waals surface area (Å²) in [5, 5.41) is 1.09. The first kappa shape index (κ1) is 19.0. The minimum atomic E-state index is -0.309. The summed E-state index contributed by atoms with van der Waals surface area (Å²) in [7, 11) is 0. The number of benzene rings is 1. The number of ether oxygens (including phenoxy) is 1. The number of allylic oxidation sites excluding steroid dienone is 1. The standard InChI is InChI=1S/C19H22Cl2O3/c1-3-14(15-9-8-13(20)11-17(15)21)16-7-5-6-12(19(16)23)10-18(22)24-4-2/h3,8-9,11-12,14,16H,1,4-7,10H2,2H3/t12-,14-,16+/m1/s1. The summed E-state index contributed by atoms with van der Waals surface area (Å²) in [4.78, 5) is 24.6. The summed E-state index contributed by atoms with van der Waals surface area (Å²) in [6, 6.07) is 5.29. The Labute approximate surface area is 153 Å². The second-order valence-corrected chi connectivity index (χ2v) is 6.92. The molecule has 1 aromatic carbocycles. The largest absolute Gasteiger partial charge is 0.466 e. The fourth-order valence-corrected chi connectivity index (χ4v) is 3.97. The maximum absolute atomic E-state index is 12.9. The number of hydrogen-bond acceptors (Lipinski definition) is 3. The van der Waals surface area contributed by atoms with E-state index in [-0.39, 0.29) is 35.9 Å². The van der Waals surface area contributed by atoms with Crippen molar-refractivity contribution < 1.29 is 14.3 Å². The van der Waals surface area contributed by atoms with Gasteiger partial charge in [0.25, 0.3) is 0 Å². The molecular formula is C19H22Cl2O3. The Morgan fingerprint density at radius 2 is 2.17 bits per heavy atom. The average molecular weight is 369 g/mol. The average Bonchev–Trinajstić information content (AvgIpc) is 2.53. The SMILES string of the molecule is C=C[C@H](c1ccc(Cl)cc1Cl)[C@@H]1CCC[C@H](CC(=O)OCC)C1=O. The Bertz CT molecular complexity index is 627. The molecular weight excluding hydrogens is 347 g/mol. The Hall–Kier alpha value is -1.32. The molecule has 1 saturated carbocycles. The third kappa shape index (κ3) is 4.40. The van der Waals surface area contributed by atoms with E-state index in [9.17, 15) is 9.59 Å². The van der Waals surface area contributed by atoms with Gasteiger partial charge < -0.3 is 4.74 Å². The van der Waals surface area contributed by atoms with E-state index in [4.69, 9.17) is 27.9 Å². The molecule has 0 unspecified atom stereocenters. The fourth-order valence-electron chi connectivity index (χ4n) is 3.43. The van der Waals surface area contributed by atoms with Gasteiger partial charge in [-0.1, -0.05) is 41.8 Å². The minimum Gasteiger partial charge on any atom is -0.466 e. The molecule has 0 aliphatic heterocycles. The van der Waals surface area contributed by atoms with Crippen molar-refractivity contribution in [3.8, 4) is 0 Å². The van der Waals surface area contributed by atoms with Gasteiger partial charge in [0.2, 0.25) is 0 Å². The van der Waals surface area contributed by atoms with Gasteiger partial charge in [0.05, 0.1) is 13.0 Å². The molecule has 0 saturated heterocycles. The minimum absolute atomic E-state index is 0.102. The van der Waals surface area contributed by atoms with Gasteiger partial charge in [-0.3, -0.25) is 9.59 Å². The van der Waals surface area contributed by atoms with E-state index in [1.165, 1.54) is 0 Å². The molecule has 24 heavy (non-hydrogen) atoms. The van der Waals surface area contributed by atoms with Crippen LogP contribution in [0.4, 0.5) is 0 Å². The predicted molar refractivity (Wildman–Crippen MR) is 96.5 cm³/mol. The molecule has 0 bridgehead atoms. The van der Waals surface area contributed by atoms with Crippen LogP contribution >= 0.6 is 23.2 Å². The van der Waals surface area contributed by atoms with Crippen LogP contribution in [0, 0.1) is 11.8 Å². The van der Waals surface area contributed by atoms with Gasteiger partial charge in [0.15, 0.2) is 0 Å². The van der Waals surface area contributed by atoms with Crippen molar-refractivity contribution in [2.75, 3.05) is 6.61 Å². The van der Waals surface area contributed by atoms with Crippen molar-refractivity contribution in [2.24, 2.45) is 11.8 Å². The zero-order valence-corrected chi connectivity index (χ0v) is 15.3. The van der Waals surface area contributed by atoms with Crippen molar-refractivity contribution in [1.82, 2.24) is 0 Å². The number of ketones is 1. The lowest BCUT2D eigenvalue weighted by molar-refractivity contribution is -0.147. The molecule has 0 amide bonds. The molecule has 0 radical (unpaired) electrons. The zero-order valence-electron chi connectivity index (χ0n) is 13.8. The van der Waals surface area contributed by atoms with Gasteiger partial charge in [0.1, 0.15) is 5.78 Å². The van der Waals surface area contributed by atoms with E-state index in [1.807, 2.05) is 6.07 Å². The van der Waals surface area contributed by atoms with Crippen LogP contribution in [0.5, 0.6) is 0 Å². The molecule has 0 spiro atoms. The predicted octanol–water partition coefficient (Wildman–Crippen LogP) is 5.20. The highest BCUT2D eigenvalue weighted by atomic mass is 35.5. The first-order valence-corrected chi connectivity index (χ1v) is 9.00. The Morgan fingerprint density at radius 1 is 1.42 bits per heavy atom. The second-order valence-electron chi connectivity index (χ2n) is 6.07. The normalized spacial score (nSPS) is 22.0. The lowest BCUT2D eigenvalue weighted by Crippen LogP contribution is -2.33. The molecule has 3 atom stereocenters. The summed E-state index contributed by atoms with van der Waals surface area (Å²) in [6.45, 7) is 5.99. The van der Waals surface area contributed by atoms with E-state index in [0.717, 1.165) is 24.8 Å². The zero-order chi connectivity index (χ0) is 17.7. The number of carbonyl (C=O) groups excluding carboxylic acids is 2. The highest BCUT2D eigenvalue weighted by molar-refractivity contribution is 6.35. The highest BCUT2D eigenvalue weighted by Gasteiger charge is 2.37. The number of hydrogen-bond donors (Lipinski definition) is 0. The van der Waals surface area contributed by atoms with Gasteiger partial charge in [-0.05, 0) is 37.5 Å². The molecule has 1 fully saturated rings. The summed E-state index contributed by atoms with van der Waals surface area (Å²) in [5.41, 5.74) is 0.853. The van der Waals surface area contributed by atoms with Crippen molar-refractivity contribution in [2.45, 2.75) is 38.5 Å². The van der Waals surface area contributed by atoms with Crippen LogP contribution in [0.15, 0.2) is 30.9 Å². The Morgan fingerprint density at radius 3 is 2.79 bits per heavy atom. The van der Waals surface area contributed by atoms with E-state index in [1.54, 1.807) is 25.1 Å². The molecule has 130 valence electrons. The van der Waals surface area contributed by atoms with Gasteiger partial charge in [-0.2, -0.15) is 0 Å². The molecule has 0 N–H and O–H groups in total. The van der Waals surface area contributed by atoms with Crippen LogP contribution in [-0.4, -0.2) is 18.4 Å². The summed E-state index contributed by atoms with van der Waals surface area (Å²) in [6.07, 6.45) is 4.32. The lowest BCUT2D eigenvalue weighted by atomic mass is 9.71. The van der Waals surface area contributed by atoms with E-state index in [2.05, 4.69) is 6.58 Å². The Balaban J connectivity index is 2.20.